The molecule has 2 aromatic heterocycles. The van der Waals surface area contributed by atoms with Crippen LogP contribution >= 0.6 is 0 Å². The minimum absolute atomic E-state index is 0.0842. The summed E-state index contributed by atoms with van der Waals surface area (Å²) < 4.78 is 7.45. The molecule has 2 rings (SSSR count). The van der Waals surface area contributed by atoms with E-state index in [-0.39, 0.29) is 12.1 Å². The Morgan fingerprint density at radius 3 is 2.95 bits per heavy atom. The van der Waals surface area contributed by atoms with Crippen LogP contribution in [0.2, 0.25) is 0 Å². The van der Waals surface area contributed by atoms with Crippen molar-refractivity contribution in [2.75, 3.05) is 6.54 Å². The normalized spacial score (nSPS) is 14.5. The van der Waals surface area contributed by atoms with E-state index in [0.29, 0.717) is 6.54 Å². The Hall–Kier alpha value is -1.59. The van der Waals surface area contributed by atoms with Gasteiger partial charge in [0.2, 0.25) is 0 Å². The summed E-state index contributed by atoms with van der Waals surface area (Å²) in [5, 5.41) is 13.0. The molecule has 0 saturated heterocycles. The van der Waals surface area contributed by atoms with Gasteiger partial charge >= 0.3 is 0 Å². The molecular weight excluding hydrogens is 242 g/mol. The Kier molecular flexibility index (Phi) is 4.76. The fraction of sp³-hybridized carbons (Fsp3) is 0.500. The maximum Gasteiger partial charge on any atom is 0.133 e. The lowest BCUT2D eigenvalue weighted by Crippen LogP contribution is -2.27. The predicted octanol–water partition coefficient (Wildman–Crippen LogP) is 1.85. The number of rotatable bonds is 7. The number of furan rings is 1. The van der Waals surface area contributed by atoms with E-state index < -0.39 is 0 Å². The van der Waals surface area contributed by atoms with Crippen LogP contribution in [0.15, 0.2) is 35.2 Å². The van der Waals surface area contributed by atoms with Crippen molar-refractivity contribution in [1.29, 1.82) is 0 Å². The molecule has 2 N–H and O–H groups in total. The van der Waals surface area contributed by atoms with E-state index in [1.54, 1.807) is 12.5 Å². The first-order valence-electron chi connectivity index (χ1n) is 6.64. The van der Waals surface area contributed by atoms with Gasteiger partial charge in [-0.15, -0.1) is 0 Å². The number of nitrogens with zero attached hydrogens (tertiary/aromatic N) is 2. The number of aromatic nitrogens is 2. The summed E-state index contributed by atoms with van der Waals surface area (Å²) in [6, 6.07) is 3.72. The first-order valence-corrected chi connectivity index (χ1v) is 6.64. The highest BCUT2D eigenvalue weighted by atomic mass is 16.3. The largest absolute Gasteiger partial charge is 0.467 e. The molecule has 2 unspecified atom stereocenters. The molecule has 0 amide bonds. The van der Waals surface area contributed by atoms with Crippen molar-refractivity contribution in [1.82, 2.24) is 14.9 Å². The molecule has 5 heteroatoms. The molecule has 0 radical (unpaired) electrons. The van der Waals surface area contributed by atoms with Gasteiger partial charge < -0.3 is 19.4 Å². The van der Waals surface area contributed by atoms with Gasteiger partial charge in [0.15, 0.2) is 0 Å². The third kappa shape index (κ3) is 3.45. The molecule has 0 bridgehead atoms. The second-order valence-electron chi connectivity index (χ2n) is 4.65. The highest BCUT2D eigenvalue weighted by Crippen LogP contribution is 2.20. The van der Waals surface area contributed by atoms with Gasteiger partial charge in [0.25, 0.3) is 0 Å². The quantitative estimate of drug-likeness (QED) is 0.800. The minimum atomic E-state index is -0.258. The lowest BCUT2D eigenvalue weighted by molar-refractivity contribution is 0.158. The van der Waals surface area contributed by atoms with Crippen LogP contribution in [-0.4, -0.2) is 27.3 Å². The second kappa shape index (κ2) is 6.54. The number of hydrogen-bond donors (Lipinski definition) is 2. The van der Waals surface area contributed by atoms with Gasteiger partial charge in [0, 0.05) is 19.4 Å². The van der Waals surface area contributed by atoms with Crippen molar-refractivity contribution in [2.45, 2.75) is 31.9 Å². The number of nitrogens with one attached hydrogen (secondary N) is 1. The van der Waals surface area contributed by atoms with Crippen molar-refractivity contribution < 1.29 is 9.52 Å². The van der Waals surface area contributed by atoms with Crippen LogP contribution in [-0.2, 0) is 7.05 Å². The van der Waals surface area contributed by atoms with Crippen LogP contribution in [0.25, 0.3) is 0 Å². The molecule has 0 aliphatic heterocycles. The SMILES string of the molecule is CCC(O)CCNC(c1ccco1)c1nccn1C. The molecule has 0 spiro atoms. The number of aliphatic hydroxyl groups excluding tert-OH is 1. The first-order chi connectivity index (χ1) is 9.22. The smallest absolute Gasteiger partial charge is 0.133 e. The zero-order valence-electron chi connectivity index (χ0n) is 11.4. The first kappa shape index (κ1) is 13.8. The molecule has 2 atom stereocenters. The van der Waals surface area contributed by atoms with E-state index >= 15 is 0 Å². The summed E-state index contributed by atoms with van der Waals surface area (Å²) in [7, 11) is 1.96. The predicted molar refractivity (Wildman–Crippen MR) is 72.7 cm³/mol. The van der Waals surface area contributed by atoms with Crippen molar-refractivity contribution in [3.05, 3.63) is 42.4 Å². The fourth-order valence-electron chi connectivity index (χ4n) is 2.03. The molecule has 2 heterocycles. The average Bonchev–Trinajstić information content (AvgIpc) is 3.06. The molecule has 19 heavy (non-hydrogen) atoms. The van der Waals surface area contributed by atoms with Gasteiger partial charge in [-0.05, 0) is 31.5 Å². The summed E-state index contributed by atoms with van der Waals surface area (Å²) >= 11 is 0. The molecule has 0 saturated carbocycles. The standard InChI is InChI=1S/C14H21N3O2/c1-3-11(18)6-7-15-13(12-5-4-10-19-12)14-16-8-9-17(14)2/h4-5,8-11,13,15,18H,3,6-7H2,1-2H3. The van der Waals surface area contributed by atoms with E-state index in [9.17, 15) is 5.11 Å². The van der Waals surface area contributed by atoms with Crippen LogP contribution < -0.4 is 5.32 Å². The summed E-state index contributed by atoms with van der Waals surface area (Å²) in [5.41, 5.74) is 0. The molecule has 0 fully saturated rings. The van der Waals surface area contributed by atoms with E-state index in [0.717, 1.165) is 24.4 Å². The summed E-state index contributed by atoms with van der Waals surface area (Å²) in [4.78, 5) is 4.37. The molecule has 5 nitrogen and oxygen atoms in total. The molecular formula is C14H21N3O2. The molecule has 0 aliphatic carbocycles. The van der Waals surface area contributed by atoms with Crippen LogP contribution in [0.1, 0.15) is 37.4 Å². The van der Waals surface area contributed by atoms with Gasteiger partial charge in [-0.25, -0.2) is 4.98 Å². The van der Waals surface area contributed by atoms with Gasteiger partial charge in [-0.3, -0.25) is 0 Å². The molecule has 0 aromatic carbocycles. The fourth-order valence-corrected chi connectivity index (χ4v) is 2.03. The lowest BCUT2D eigenvalue weighted by atomic mass is 10.1. The van der Waals surface area contributed by atoms with E-state index in [2.05, 4.69) is 10.3 Å². The highest BCUT2D eigenvalue weighted by Gasteiger charge is 2.20. The van der Waals surface area contributed by atoms with E-state index in [1.165, 1.54) is 0 Å². The monoisotopic (exact) mass is 263 g/mol. The van der Waals surface area contributed by atoms with Gasteiger partial charge in [-0.1, -0.05) is 6.92 Å². The van der Waals surface area contributed by atoms with Crippen molar-refractivity contribution in [2.24, 2.45) is 7.05 Å². The Balaban J connectivity index is 2.06. The Morgan fingerprint density at radius 1 is 1.53 bits per heavy atom. The Labute approximate surface area is 113 Å². The number of aliphatic hydroxyl groups is 1. The average molecular weight is 263 g/mol. The maximum atomic E-state index is 9.60. The summed E-state index contributed by atoms with van der Waals surface area (Å²) in [6.07, 6.45) is 6.58. The van der Waals surface area contributed by atoms with Crippen LogP contribution in [0.3, 0.4) is 0 Å². The summed E-state index contributed by atoms with van der Waals surface area (Å²) in [5.74, 6) is 1.74. The van der Waals surface area contributed by atoms with Crippen molar-refractivity contribution in [3.8, 4) is 0 Å². The van der Waals surface area contributed by atoms with Gasteiger partial charge in [0.05, 0.1) is 12.4 Å². The number of aryl methyl sites for hydroxylation is 1. The Morgan fingerprint density at radius 2 is 2.37 bits per heavy atom. The topological polar surface area (TPSA) is 63.2 Å². The van der Waals surface area contributed by atoms with Crippen LogP contribution in [0.5, 0.6) is 0 Å². The second-order valence-corrected chi connectivity index (χ2v) is 4.65. The zero-order chi connectivity index (χ0) is 13.7. The van der Waals surface area contributed by atoms with Gasteiger partial charge in [0.1, 0.15) is 17.6 Å². The van der Waals surface area contributed by atoms with E-state index in [1.807, 2.05) is 36.9 Å². The number of hydrogen-bond acceptors (Lipinski definition) is 4. The van der Waals surface area contributed by atoms with Crippen LogP contribution in [0.4, 0.5) is 0 Å². The van der Waals surface area contributed by atoms with Crippen LogP contribution in [0, 0.1) is 0 Å². The maximum absolute atomic E-state index is 9.60. The molecule has 104 valence electrons. The molecule has 0 aliphatic rings. The third-order valence-electron chi connectivity index (χ3n) is 3.24. The summed E-state index contributed by atoms with van der Waals surface area (Å²) in [6.45, 7) is 2.70. The highest BCUT2D eigenvalue weighted by molar-refractivity contribution is 5.15. The molecule has 2 aromatic rings. The van der Waals surface area contributed by atoms with Crippen molar-refractivity contribution >= 4 is 0 Å². The van der Waals surface area contributed by atoms with Crippen molar-refractivity contribution in [3.63, 3.8) is 0 Å². The minimum Gasteiger partial charge on any atom is -0.467 e. The number of imidazole rings is 1. The zero-order valence-corrected chi connectivity index (χ0v) is 11.4. The lowest BCUT2D eigenvalue weighted by Gasteiger charge is -2.17. The Bertz CT molecular complexity index is 479. The third-order valence-corrected chi connectivity index (χ3v) is 3.24. The van der Waals surface area contributed by atoms with Gasteiger partial charge in [-0.2, -0.15) is 0 Å². The van der Waals surface area contributed by atoms with E-state index in [4.69, 9.17) is 4.42 Å².